The average Bonchev–Trinajstić information content (AvgIpc) is 2.70. The van der Waals surface area contributed by atoms with Crippen molar-refractivity contribution in [3.63, 3.8) is 0 Å². The van der Waals surface area contributed by atoms with Gasteiger partial charge >= 0.3 is 0 Å². The molecule has 0 atom stereocenters. The number of anilines is 2. The number of pyridine rings is 1. The van der Waals surface area contributed by atoms with Gasteiger partial charge in [-0.2, -0.15) is 0 Å². The van der Waals surface area contributed by atoms with Crippen LogP contribution in [0.4, 0.5) is 17.2 Å². The molecule has 0 fully saturated rings. The lowest BCUT2D eigenvalue weighted by Crippen LogP contribution is -2.25. The number of hydrogen-bond donors (Lipinski definition) is 1. The van der Waals surface area contributed by atoms with Gasteiger partial charge in [0.1, 0.15) is 5.82 Å². The SMILES string of the molecule is Cc1cnc(N2CCNCc3ccccc32)cc1[N+](=O)[O-]. The number of fused-ring (bicyclic) bond motifs is 1. The van der Waals surface area contributed by atoms with Crippen molar-refractivity contribution in [2.75, 3.05) is 18.0 Å². The van der Waals surface area contributed by atoms with E-state index in [1.165, 1.54) is 5.56 Å². The fourth-order valence-corrected chi connectivity index (χ4v) is 2.54. The zero-order chi connectivity index (χ0) is 14.8. The third kappa shape index (κ3) is 2.57. The predicted octanol–water partition coefficient (Wildman–Crippen LogP) is 2.54. The molecule has 1 aromatic heterocycles. The highest BCUT2D eigenvalue weighted by molar-refractivity contribution is 5.66. The minimum atomic E-state index is -0.359. The van der Waals surface area contributed by atoms with Gasteiger partial charge in [-0.1, -0.05) is 18.2 Å². The summed E-state index contributed by atoms with van der Waals surface area (Å²) in [5, 5.41) is 14.5. The molecule has 0 saturated heterocycles. The minimum absolute atomic E-state index is 0.106. The first-order valence-electron chi connectivity index (χ1n) is 6.84. The summed E-state index contributed by atoms with van der Waals surface area (Å²) in [4.78, 5) is 17.2. The van der Waals surface area contributed by atoms with Crippen LogP contribution in [0.2, 0.25) is 0 Å². The van der Waals surface area contributed by atoms with Crippen molar-refractivity contribution >= 4 is 17.2 Å². The van der Waals surface area contributed by atoms with Gasteiger partial charge in [0.15, 0.2) is 0 Å². The first-order valence-corrected chi connectivity index (χ1v) is 6.84. The molecule has 3 rings (SSSR count). The Morgan fingerprint density at radius 3 is 3.00 bits per heavy atom. The summed E-state index contributed by atoms with van der Waals surface area (Å²) in [5.74, 6) is 0.614. The molecule has 0 amide bonds. The zero-order valence-electron chi connectivity index (χ0n) is 11.7. The maximum atomic E-state index is 11.1. The van der Waals surface area contributed by atoms with Gasteiger partial charge in [0.05, 0.1) is 11.0 Å². The van der Waals surface area contributed by atoms with Crippen LogP contribution in [-0.2, 0) is 6.54 Å². The van der Waals surface area contributed by atoms with E-state index in [0.717, 1.165) is 25.3 Å². The molecule has 0 unspecified atom stereocenters. The Morgan fingerprint density at radius 1 is 1.38 bits per heavy atom. The number of aryl methyl sites for hydroxylation is 1. The molecule has 108 valence electrons. The molecule has 0 radical (unpaired) electrons. The van der Waals surface area contributed by atoms with Crippen LogP contribution < -0.4 is 10.2 Å². The van der Waals surface area contributed by atoms with Gasteiger partial charge in [0, 0.05) is 37.1 Å². The van der Waals surface area contributed by atoms with Crippen LogP contribution >= 0.6 is 0 Å². The molecule has 0 saturated carbocycles. The van der Waals surface area contributed by atoms with Gasteiger partial charge in [-0.25, -0.2) is 4.98 Å². The molecule has 2 aromatic rings. The Morgan fingerprint density at radius 2 is 2.19 bits per heavy atom. The lowest BCUT2D eigenvalue weighted by atomic mass is 10.1. The second-order valence-electron chi connectivity index (χ2n) is 5.04. The smallest absolute Gasteiger partial charge is 0.277 e. The molecule has 6 heteroatoms. The van der Waals surface area contributed by atoms with Crippen molar-refractivity contribution in [2.45, 2.75) is 13.5 Å². The number of benzene rings is 1. The summed E-state index contributed by atoms with van der Waals surface area (Å²) >= 11 is 0. The van der Waals surface area contributed by atoms with Gasteiger partial charge < -0.3 is 10.2 Å². The van der Waals surface area contributed by atoms with Gasteiger partial charge in [-0.15, -0.1) is 0 Å². The van der Waals surface area contributed by atoms with Crippen molar-refractivity contribution in [3.8, 4) is 0 Å². The lowest BCUT2D eigenvalue weighted by Gasteiger charge is -2.23. The standard InChI is InChI=1S/C15H16N4O2/c1-11-9-17-15(8-14(11)19(20)21)18-7-6-16-10-12-4-2-3-5-13(12)18/h2-5,8-9,16H,6-7,10H2,1H3. The Kier molecular flexibility index (Phi) is 3.53. The minimum Gasteiger partial charge on any atom is -0.325 e. The van der Waals surface area contributed by atoms with E-state index in [-0.39, 0.29) is 10.6 Å². The van der Waals surface area contributed by atoms with Crippen molar-refractivity contribution in [3.05, 3.63) is 57.8 Å². The number of nitro groups is 1. The summed E-state index contributed by atoms with van der Waals surface area (Å²) in [5.41, 5.74) is 2.90. The molecule has 6 nitrogen and oxygen atoms in total. The molecule has 1 aliphatic heterocycles. The van der Waals surface area contributed by atoms with Crippen LogP contribution in [0.3, 0.4) is 0 Å². The Balaban J connectivity index is 2.08. The van der Waals surface area contributed by atoms with Crippen molar-refractivity contribution in [1.82, 2.24) is 10.3 Å². The first-order chi connectivity index (χ1) is 10.2. The molecule has 1 N–H and O–H groups in total. The van der Waals surface area contributed by atoms with Gasteiger partial charge in [0.2, 0.25) is 0 Å². The number of para-hydroxylation sites is 1. The summed E-state index contributed by atoms with van der Waals surface area (Å²) in [7, 11) is 0. The highest BCUT2D eigenvalue weighted by Gasteiger charge is 2.20. The maximum Gasteiger partial charge on any atom is 0.277 e. The Hall–Kier alpha value is -2.47. The number of rotatable bonds is 2. The second-order valence-corrected chi connectivity index (χ2v) is 5.04. The van der Waals surface area contributed by atoms with Crippen LogP contribution in [0.1, 0.15) is 11.1 Å². The fourth-order valence-electron chi connectivity index (χ4n) is 2.54. The van der Waals surface area contributed by atoms with E-state index in [1.54, 1.807) is 19.2 Å². The molecule has 1 aliphatic rings. The summed E-state index contributed by atoms with van der Waals surface area (Å²) in [6.45, 7) is 4.02. The zero-order valence-corrected chi connectivity index (χ0v) is 11.7. The third-order valence-corrected chi connectivity index (χ3v) is 3.64. The van der Waals surface area contributed by atoms with Crippen LogP contribution in [0.15, 0.2) is 36.5 Å². The number of nitrogens with zero attached hydrogens (tertiary/aromatic N) is 3. The van der Waals surface area contributed by atoms with Crippen LogP contribution in [-0.4, -0.2) is 23.0 Å². The quantitative estimate of drug-likeness (QED) is 0.678. The highest BCUT2D eigenvalue weighted by Crippen LogP contribution is 2.31. The highest BCUT2D eigenvalue weighted by atomic mass is 16.6. The lowest BCUT2D eigenvalue weighted by molar-refractivity contribution is -0.385. The molecular weight excluding hydrogens is 268 g/mol. The first kappa shape index (κ1) is 13.5. The summed E-state index contributed by atoms with van der Waals surface area (Å²) in [6.07, 6.45) is 1.56. The molecule has 2 heterocycles. The monoisotopic (exact) mass is 284 g/mol. The summed E-state index contributed by atoms with van der Waals surface area (Å²) in [6, 6.07) is 9.60. The normalized spacial score (nSPS) is 14.4. The molecule has 0 aliphatic carbocycles. The van der Waals surface area contributed by atoms with Crippen LogP contribution in [0, 0.1) is 17.0 Å². The molecule has 21 heavy (non-hydrogen) atoms. The van der Waals surface area contributed by atoms with Gasteiger partial charge in [-0.3, -0.25) is 10.1 Å². The molecule has 0 bridgehead atoms. The topological polar surface area (TPSA) is 71.3 Å². The van der Waals surface area contributed by atoms with Crippen molar-refractivity contribution in [1.29, 1.82) is 0 Å². The van der Waals surface area contributed by atoms with E-state index in [0.29, 0.717) is 11.4 Å². The predicted molar refractivity (Wildman–Crippen MR) is 80.8 cm³/mol. The Labute approximate surface area is 122 Å². The van der Waals surface area contributed by atoms with E-state index in [9.17, 15) is 10.1 Å². The van der Waals surface area contributed by atoms with E-state index in [2.05, 4.69) is 16.4 Å². The van der Waals surface area contributed by atoms with Crippen LogP contribution in [0.5, 0.6) is 0 Å². The molecule has 0 spiro atoms. The number of aromatic nitrogens is 1. The number of hydrogen-bond acceptors (Lipinski definition) is 5. The van der Waals surface area contributed by atoms with E-state index in [1.807, 2.05) is 23.1 Å². The Bertz CT molecular complexity index is 687. The van der Waals surface area contributed by atoms with E-state index in [4.69, 9.17) is 0 Å². The average molecular weight is 284 g/mol. The van der Waals surface area contributed by atoms with Gasteiger partial charge in [0.25, 0.3) is 5.69 Å². The largest absolute Gasteiger partial charge is 0.325 e. The maximum absolute atomic E-state index is 11.1. The van der Waals surface area contributed by atoms with E-state index >= 15 is 0 Å². The molecule has 1 aromatic carbocycles. The summed E-state index contributed by atoms with van der Waals surface area (Å²) < 4.78 is 0. The van der Waals surface area contributed by atoms with E-state index < -0.39 is 0 Å². The molecular formula is C15H16N4O2. The fraction of sp³-hybridized carbons (Fsp3) is 0.267. The van der Waals surface area contributed by atoms with Gasteiger partial charge in [-0.05, 0) is 18.6 Å². The third-order valence-electron chi connectivity index (χ3n) is 3.64. The van der Waals surface area contributed by atoms with Crippen LogP contribution in [0.25, 0.3) is 0 Å². The van der Waals surface area contributed by atoms with Crippen molar-refractivity contribution in [2.24, 2.45) is 0 Å². The number of nitrogens with one attached hydrogen (secondary N) is 1. The second kappa shape index (κ2) is 5.49. The van der Waals surface area contributed by atoms with Crippen molar-refractivity contribution < 1.29 is 4.92 Å².